The fourth-order valence-electron chi connectivity index (χ4n) is 4.54. The molecule has 2 aromatic rings. The fraction of sp³-hybridized carbons (Fsp3) is 0.522. The van der Waals surface area contributed by atoms with Crippen LogP contribution in [-0.2, 0) is 4.79 Å². The Labute approximate surface area is 171 Å². The zero-order valence-electron chi connectivity index (χ0n) is 16.9. The van der Waals surface area contributed by atoms with E-state index in [1.54, 1.807) is 6.26 Å². The Balaban J connectivity index is 1.36. The molecule has 1 aliphatic heterocycles. The molecule has 1 aromatic heterocycles. The van der Waals surface area contributed by atoms with Gasteiger partial charge in [-0.05, 0) is 49.2 Å². The van der Waals surface area contributed by atoms with Gasteiger partial charge in [0.2, 0.25) is 5.91 Å². The van der Waals surface area contributed by atoms with E-state index in [0.29, 0.717) is 6.54 Å². The third-order valence-corrected chi connectivity index (χ3v) is 6.26. The first kappa shape index (κ1) is 20.0. The maximum Gasteiger partial charge on any atom is 0.223 e. The second-order valence-corrected chi connectivity index (χ2v) is 8.11. The van der Waals surface area contributed by atoms with E-state index < -0.39 is 0 Å². The minimum atomic E-state index is -0.209. The van der Waals surface area contributed by atoms with Crippen LogP contribution in [0.5, 0.6) is 0 Å². The number of hydrogen-bond acceptors (Lipinski definition) is 4. The molecular weight excluding hydrogens is 369 g/mol. The van der Waals surface area contributed by atoms with Gasteiger partial charge < -0.3 is 14.6 Å². The molecule has 156 valence electrons. The number of carbonyl (C=O) groups excluding carboxylic acids is 1. The number of furan rings is 1. The Morgan fingerprint density at radius 3 is 2.45 bits per heavy atom. The quantitative estimate of drug-likeness (QED) is 0.798. The molecule has 0 radical (unpaired) electrons. The Bertz CT molecular complexity index is 764. The topological polar surface area (TPSA) is 48.7 Å². The molecule has 0 bridgehead atoms. The summed E-state index contributed by atoms with van der Waals surface area (Å²) in [4.78, 5) is 17.3. The van der Waals surface area contributed by atoms with Gasteiger partial charge in [-0.25, -0.2) is 4.39 Å². The Morgan fingerprint density at radius 1 is 1.07 bits per heavy atom. The second-order valence-electron chi connectivity index (χ2n) is 8.11. The summed E-state index contributed by atoms with van der Waals surface area (Å²) in [5, 5.41) is 3.19. The van der Waals surface area contributed by atoms with E-state index in [1.807, 2.05) is 24.3 Å². The Kier molecular flexibility index (Phi) is 6.49. The molecule has 1 saturated carbocycles. The molecule has 2 aliphatic rings. The van der Waals surface area contributed by atoms with Crippen molar-refractivity contribution in [3.8, 4) is 0 Å². The van der Waals surface area contributed by atoms with E-state index in [4.69, 9.17) is 4.42 Å². The minimum absolute atomic E-state index is 0.0351. The number of piperazine rings is 1. The van der Waals surface area contributed by atoms with E-state index >= 15 is 0 Å². The fourth-order valence-corrected chi connectivity index (χ4v) is 4.54. The van der Waals surface area contributed by atoms with Gasteiger partial charge in [0.25, 0.3) is 0 Å². The summed E-state index contributed by atoms with van der Waals surface area (Å²) in [7, 11) is 0. The molecule has 29 heavy (non-hydrogen) atoms. The van der Waals surface area contributed by atoms with E-state index in [0.717, 1.165) is 63.3 Å². The Morgan fingerprint density at radius 2 is 1.79 bits per heavy atom. The van der Waals surface area contributed by atoms with E-state index in [2.05, 4.69) is 15.1 Å². The molecule has 1 aromatic carbocycles. The molecule has 1 amide bonds. The molecule has 0 unspecified atom stereocenters. The first-order valence-corrected chi connectivity index (χ1v) is 10.8. The van der Waals surface area contributed by atoms with E-state index in [9.17, 15) is 9.18 Å². The molecule has 1 N–H and O–H groups in total. The number of carbonyl (C=O) groups is 1. The average molecular weight is 400 g/mol. The minimum Gasteiger partial charge on any atom is -0.468 e. The van der Waals surface area contributed by atoms with Crippen molar-refractivity contribution in [1.29, 1.82) is 0 Å². The molecule has 2 fully saturated rings. The van der Waals surface area contributed by atoms with Crippen LogP contribution in [0.4, 0.5) is 10.1 Å². The molecule has 1 atom stereocenters. The third-order valence-electron chi connectivity index (χ3n) is 6.26. The SMILES string of the molecule is O=C(NC[C@H](c1ccco1)N1CCN(c2ccc(F)cc2)CC1)C1CCCCC1. The van der Waals surface area contributed by atoms with Crippen molar-refractivity contribution in [1.82, 2.24) is 10.2 Å². The van der Waals surface area contributed by atoms with Crippen molar-refractivity contribution in [3.63, 3.8) is 0 Å². The highest BCUT2D eigenvalue weighted by Gasteiger charge is 2.29. The van der Waals surface area contributed by atoms with Crippen molar-refractivity contribution in [2.45, 2.75) is 38.1 Å². The van der Waals surface area contributed by atoms with Crippen LogP contribution in [0.15, 0.2) is 47.1 Å². The van der Waals surface area contributed by atoms with Gasteiger partial charge in [-0.1, -0.05) is 19.3 Å². The van der Waals surface area contributed by atoms with Gasteiger partial charge in [0.1, 0.15) is 11.6 Å². The number of rotatable bonds is 6. The predicted molar refractivity (Wildman–Crippen MR) is 111 cm³/mol. The van der Waals surface area contributed by atoms with Crippen LogP contribution in [-0.4, -0.2) is 43.5 Å². The number of halogens is 1. The van der Waals surface area contributed by atoms with Gasteiger partial charge in [-0.15, -0.1) is 0 Å². The van der Waals surface area contributed by atoms with E-state index in [-0.39, 0.29) is 23.7 Å². The van der Waals surface area contributed by atoms with Crippen molar-refractivity contribution < 1.29 is 13.6 Å². The number of benzene rings is 1. The summed E-state index contributed by atoms with van der Waals surface area (Å²) in [5.74, 6) is 1.03. The zero-order chi connectivity index (χ0) is 20.1. The number of anilines is 1. The first-order valence-electron chi connectivity index (χ1n) is 10.8. The number of nitrogens with zero attached hydrogens (tertiary/aromatic N) is 2. The van der Waals surface area contributed by atoms with Crippen LogP contribution >= 0.6 is 0 Å². The summed E-state index contributed by atoms with van der Waals surface area (Å²) in [6.45, 7) is 4.02. The number of hydrogen-bond donors (Lipinski definition) is 1. The van der Waals surface area contributed by atoms with Crippen molar-refractivity contribution in [2.24, 2.45) is 5.92 Å². The van der Waals surface area contributed by atoms with Crippen LogP contribution < -0.4 is 10.2 Å². The van der Waals surface area contributed by atoms with Gasteiger partial charge >= 0.3 is 0 Å². The standard InChI is InChI=1S/C23H30FN3O2/c24-19-8-10-20(11-9-19)26-12-14-27(15-13-26)21(22-7-4-16-29-22)17-25-23(28)18-5-2-1-3-6-18/h4,7-11,16,18,21H,1-3,5-6,12-15,17H2,(H,25,28)/t21-/m1/s1. The van der Waals surface area contributed by atoms with Crippen molar-refractivity contribution in [2.75, 3.05) is 37.6 Å². The van der Waals surface area contributed by atoms with Crippen LogP contribution in [0.1, 0.15) is 43.9 Å². The number of nitrogens with one attached hydrogen (secondary N) is 1. The predicted octanol–water partition coefficient (Wildman–Crippen LogP) is 3.98. The highest BCUT2D eigenvalue weighted by molar-refractivity contribution is 5.78. The summed E-state index contributed by atoms with van der Waals surface area (Å²) in [6, 6.07) is 10.6. The normalized spacial score (nSPS) is 19.8. The van der Waals surface area contributed by atoms with Gasteiger partial charge in [0, 0.05) is 44.3 Å². The molecule has 6 heteroatoms. The smallest absolute Gasteiger partial charge is 0.223 e. The van der Waals surface area contributed by atoms with Crippen LogP contribution in [0, 0.1) is 11.7 Å². The lowest BCUT2D eigenvalue weighted by molar-refractivity contribution is -0.126. The average Bonchev–Trinajstić information content (AvgIpc) is 3.30. The molecule has 4 rings (SSSR count). The molecule has 0 spiro atoms. The second kappa shape index (κ2) is 9.44. The summed E-state index contributed by atoms with van der Waals surface area (Å²) in [6.07, 6.45) is 7.27. The molecule has 1 aliphatic carbocycles. The monoisotopic (exact) mass is 399 g/mol. The first-order chi connectivity index (χ1) is 14.2. The van der Waals surface area contributed by atoms with Crippen LogP contribution in [0.25, 0.3) is 0 Å². The van der Waals surface area contributed by atoms with Gasteiger partial charge in [0.15, 0.2) is 0 Å². The Hall–Kier alpha value is -2.34. The van der Waals surface area contributed by atoms with Gasteiger partial charge in [-0.3, -0.25) is 9.69 Å². The molecular formula is C23H30FN3O2. The molecule has 2 heterocycles. The lowest BCUT2D eigenvalue weighted by Crippen LogP contribution is -2.50. The maximum atomic E-state index is 13.2. The lowest BCUT2D eigenvalue weighted by Gasteiger charge is -2.39. The van der Waals surface area contributed by atoms with Crippen LogP contribution in [0.2, 0.25) is 0 Å². The summed E-state index contributed by atoms with van der Waals surface area (Å²) in [5.41, 5.74) is 1.05. The summed E-state index contributed by atoms with van der Waals surface area (Å²) < 4.78 is 18.9. The summed E-state index contributed by atoms with van der Waals surface area (Å²) >= 11 is 0. The molecule has 1 saturated heterocycles. The highest BCUT2D eigenvalue weighted by atomic mass is 19.1. The van der Waals surface area contributed by atoms with Gasteiger partial charge in [0.05, 0.1) is 12.3 Å². The van der Waals surface area contributed by atoms with E-state index in [1.165, 1.54) is 18.6 Å². The van der Waals surface area contributed by atoms with Crippen molar-refractivity contribution in [3.05, 3.63) is 54.2 Å². The number of amides is 1. The maximum absolute atomic E-state index is 13.2. The van der Waals surface area contributed by atoms with Crippen LogP contribution in [0.3, 0.4) is 0 Å². The lowest BCUT2D eigenvalue weighted by atomic mass is 9.88. The molecule has 5 nitrogen and oxygen atoms in total. The third kappa shape index (κ3) is 4.99. The highest BCUT2D eigenvalue weighted by Crippen LogP contribution is 2.26. The zero-order valence-corrected chi connectivity index (χ0v) is 16.9. The van der Waals surface area contributed by atoms with Gasteiger partial charge in [-0.2, -0.15) is 0 Å². The van der Waals surface area contributed by atoms with Crippen molar-refractivity contribution >= 4 is 11.6 Å². The largest absolute Gasteiger partial charge is 0.468 e.